The summed E-state index contributed by atoms with van der Waals surface area (Å²) in [5.74, 6) is -0.360. The summed E-state index contributed by atoms with van der Waals surface area (Å²) in [6.07, 6.45) is -0.609. The fourth-order valence-electron chi connectivity index (χ4n) is 3.91. The molecular formula is C27H26N2O6S. The first-order chi connectivity index (χ1) is 17.5. The van der Waals surface area contributed by atoms with Gasteiger partial charge in [0.05, 0.1) is 16.8 Å². The third kappa shape index (κ3) is 5.81. The molecule has 186 valence electrons. The topological polar surface area (TPSA) is 110 Å². The molecule has 0 spiro atoms. The van der Waals surface area contributed by atoms with E-state index in [1.807, 2.05) is 60.7 Å². The number of nitrogens with zero attached hydrogens (tertiary/aromatic N) is 2. The van der Waals surface area contributed by atoms with Gasteiger partial charge in [-0.2, -0.15) is 0 Å². The second-order valence-corrected chi connectivity index (χ2v) is 8.99. The van der Waals surface area contributed by atoms with E-state index in [9.17, 15) is 19.9 Å². The zero-order chi connectivity index (χ0) is 25.5. The van der Waals surface area contributed by atoms with Crippen LogP contribution in [-0.4, -0.2) is 45.9 Å². The highest BCUT2D eigenvalue weighted by atomic mass is 32.1. The Balaban J connectivity index is 1.42. The van der Waals surface area contributed by atoms with Gasteiger partial charge in [-0.25, -0.2) is 4.79 Å². The van der Waals surface area contributed by atoms with Crippen molar-refractivity contribution in [1.29, 1.82) is 0 Å². The first-order valence-electron chi connectivity index (χ1n) is 11.5. The van der Waals surface area contributed by atoms with Crippen LogP contribution in [0.5, 0.6) is 5.75 Å². The Kier molecular flexibility index (Phi) is 8.14. The number of carboxylic acids is 1. The summed E-state index contributed by atoms with van der Waals surface area (Å²) < 4.78 is 13.5. The first kappa shape index (κ1) is 25.2. The third-order valence-corrected chi connectivity index (χ3v) is 6.60. The Morgan fingerprint density at radius 2 is 1.81 bits per heavy atom. The number of carboxylic acid groups (broad SMARTS) is 1. The van der Waals surface area contributed by atoms with E-state index in [0.29, 0.717) is 24.6 Å². The Labute approximate surface area is 211 Å². The van der Waals surface area contributed by atoms with Gasteiger partial charge in [0, 0.05) is 24.2 Å². The maximum absolute atomic E-state index is 12.6. The molecule has 4 aromatic rings. The van der Waals surface area contributed by atoms with E-state index in [0.717, 1.165) is 38.2 Å². The molecule has 1 aromatic heterocycles. The van der Waals surface area contributed by atoms with Crippen molar-refractivity contribution < 1.29 is 24.6 Å². The van der Waals surface area contributed by atoms with Crippen LogP contribution in [0.1, 0.15) is 23.6 Å². The number of hydrogen-bond donors (Lipinski definition) is 2. The van der Waals surface area contributed by atoms with Crippen molar-refractivity contribution in [3.05, 3.63) is 99.2 Å². The molecule has 9 heteroatoms. The molecular weight excluding hydrogens is 480 g/mol. The first-order valence-corrected chi connectivity index (χ1v) is 12.3. The lowest BCUT2D eigenvalue weighted by Crippen LogP contribution is -2.26. The van der Waals surface area contributed by atoms with Gasteiger partial charge < -0.3 is 19.8 Å². The van der Waals surface area contributed by atoms with Crippen LogP contribution in [0.4, 0.5) is 0 Å². The van der Waals surface area contributed by atoms with Crippen molar-refractivity contribution in [3.8, 4) is 5.75 Å². The standard InChI is InChI=1S/C27H26N2O6S/c1-2-34-23(26(30)31)16-18-8-11-21(12-9-18)35-15-14-29-22-13-10-20(17-24(22)36-27(29)32)25(28-33)19-6-4-3-5-7-19/h3-13,17,23,33H,2,14-16H2,1H3,(H,30,31). The minimum atomic E-state index is -0.988. The highest BCUT2D eigenvalue weighted by molar-refractivity contribution is 7.16. The summed E-state index contributed by atoms with van der Waals surface area (Å²) in [7, 11) is 0. The molecule has 0 fully saturated rings. The van der Waals surface area contributed by atoms with Crippen LogP contribution in [0.3, 0.4) is 0 Å². The van der Waals surface area contributed by atoms with E-state index in [1.54, 1.807) is 23.6 Å². The molecule has 0 radical (unpaired) electrons. The van der Waals surface area contributed by atoms with Crippen molar-refractivity contribution in [3.63, 3.8) is 0 Å². The molecule has 0 aliphatic rings. The van der Waals surface area contributed by atoms with E-state index in [1.165, 1.54) is 0 Å². The molecule has 0 amide bonds. The van der Waals surface area contributed by atoms with Gasteiger partial charge in [-0.1, -0.05) is 65.0 Å². The van der Waals surface area contributed by atoms with Crippen LogP contribution in [-0.2, 0) is 22.5 Å². The van der Waals surface area contributed by atoms with Gasteiger partial charge >= 0.3 is 10.8 Å². The van der Waals surface area contributed by atoms with Crippen LogP contribution in [0.2, 0.25) is 0 Å². The molecule has 8 nitrogen and oxygen atoms in total. The molecule has 3 aromatic carbocycles. The van der Waals surface area contributed by atoms with Gasteiger partial charge in [-0.05, 0) is 36.8 Å². The molecule has 36 heavy (non-hydrogen) atoms. The van der Waals surface area contributed by atoms with Crippen LogP contribution in [0.15, 0.2) is 82.7 Å². The average Bonchev–Trinajstić information content (AvgIpc) is 3.20. The number of aliphatic carboxylic acids is 1. The zero-order valence-corrected chi connectivity index (χ0v) is 20.5. The second-order valence-electron chi connectivity index (χ2n) is 8.00. The maximum atomic E-state index is 12.6. The largest absolute Gasteiger partial charge is 0.492 e. The number of thiazole rings is 1. The number of aromatic nitrogens is 1. The van der Waals surface area contributed by atoms with E-state index in [4.69, 9.17) is 9.47 Å². The minimum Gasteiger partial charge on any atom is -0.492 e. The Morgan fingerprint density at radius 3 is 2.47 bits per heavy atom. The SMILES string of the molecule is CCOC(Cc1ccc(OCCn2c(=O)sc3cc(C(=NO)c4ccccc4)ccc32)cc1)C(=O)O. The normalized spacial score (nSPS) is 12.5. The summed E-state index contributed by atoms with van der Waals surface area (Å²) in [4.78, 5) is 23.8. The Morgan fingerprint density at radius 1 is 1.06 bits per heavy atom. The van der Waals surface area contributed by atoms with Crippen molar-refractivity contribution in [2.75, 3.05) is 13.2 Å². The summed E-state index contributed by atoms with van der Waals surface area (Å²) >= 11 is 1.13. The van der Waals surface area contributed by atoms with E-state index >= 15 is 0 Å². The number of rotatable bonds is 11. The molecule has 0 bridgehead atoms. The average molecular weight is 507 g/mol. The molecule has 2 N–H and O–H groups in total. The highest BCUT2D eigenvalue weighted by Crippen LogP contribution is 2.22. The van der Waals surface area contributed by atoms with Gasteiger partial charge in [0.25, 0.3) is 0 Å². The number of oxime groups is 1. The maximum Gasteiger partial charge on any atom is 0.333 e. The van der Waals surface area contributed by atoms with Gasteiger partial charge in [0.2, 0.25) is 0 Å². The lowest BCUT2D eigenvalue weighted by Gasteiger charge is -2.13. The van der Waals surface area contributed by atoms with Crippen molar-refractivity contribution in [1.82, 2.24) is 4.57 Å². The highest BCUT2D eigenvalue weighted by Gasteiger charge is 2.18. The minimum absolute atomic E-state index is 0.0982. The van der Waals surface area contributed by atoms with Crippen molar-refractivity contribution in [2.24, 2.45) is 5.16 Å². The quantitative estimate of drug-likeness (QED) is 0.177. The number of hydrogen-bond acceptors (Lipinski definition) is 7. The van der Waals surface area contributed by atoms with Gasteiger partial charge in [0.15, 0.2) is 6.10 Å². The summed E-state index contributed by atoms with van der Waals surface area (Å²) in [6.45, 7) is 2.75. The molecule has 0 aliphatic carbocycles. The fraction of sp³-hybridized carbons (Fsp3) is 0.222. The van der Waals surface area contributed by atoms with E-state index in [2.05, 4.69) is 5.16 Å². The monoisotopic (exact) mass is 506 g/mol. The van der Waals surface area contributed by atoms with Crippen LogP contribution in [0, 0.1) is 0 Å². The summed E-state index contributed by atoms with van der Waals surface area (Å²) in [6, 6.07) is 22.1. The molecule has 0 aliphatic heterocycles. The second kappa shape index (κ2) is 11.7. The van der Waals surface area contributed by atoms with E-state index < -0.39 is 12.1 Å². The lowest BCUT2D eigenvalue weighted by atomic mass is 10.0. The summed E-state index contributed by atoms with van der Waals surface area (Å²) in [5, 5.41) is 22.3. The predicted octanol–water partition coefficient (Wildman–Crippen LogP) is 4.40. The Hall–Kier alpha value is -3.95. The number of fused-ring (bicyclic) bond motifs is 1. The van der Waals surface area contributed by atoms with Crippen molar-refractivity contribution >= 4 is 33.2 Å². The number of ether oxygens (including phenoxy) is 2. The van der Waals surface area contributed by atoms with Crippen molar-refractivity contribution in [2.45, 2.75) is 26.0 Å². The fourth-order valence-corrected chi connectivity index (χ4v) is 4.87. The number of benzene rings is 3. The van der Waals surface area contributed by atoms with Gasteiger partial charge in [-0.15, -0.1) is 0 Å². The molecule has 0 saturated heterocycles. The molecule has 4 rings (SSSR count). The Bertz CT molecular complexity index is 1410. The smallest absolute Gasteiger partial charge is 0.333 e. The third-order valence-electron chi connectivity index (χ3n) is 5.66. The molecule has 1 atom stereocenters. The summed E-state index contributed by atoms with van der Waals surface area (Å²) in [5.41, 5.74) is 3.55. The molecule has 1 unspecified atom stereocenters. The molecule has 1 heterocycles. The van der Waals surface area contributed by atoms with Gasteiger partial charge in [-0.3, -0.25) is 9.36 Å². The van der Waals surface area contributed by atoms with Gasteiger partial charge in [0.1, 0.15) is 18.1 Å². The lowest BCUT2D eigenvalue weighted by molar-refractivity contribution is -0.149. The van der Waals surface area contributed by atoms with Crippen LogP contribution < -0.4 is 9.61 Å². The zero-order valence-electron chi connectivity index (χ0n) is 19.7. The predicted molar refractivity (Wildman–Crippen MR) is 139 cm³/mol. The van der Waals surface area contributed by atoms with Crippen LogP contribution in [0.25, 0.3) is 10.2 Å². The van der Waals surface area contributed by atoms with E-state index in [-0.39, 0.29) is 17.9 Å². The molecule has 0 saturated carbocycles. The van der Waals surface area contributed by atoms with Crippen LogP contribution >= 0.6 is 11.3 Å². The number of carbonyl (C=O) groups is 1.